The van der Waals surface area contributed by atoms with Crippen molar-refractivity contribution in [3.63, 3.8) is 0 Å². The SMILES string of the molecule is C\C=C/C=C(C)\C(=C\OCCCCN(CC)CCC1OCc2ccc(Cl)cc21)CN(C=O)C1CCC(=O)NC1=O. The predicted octanol–water partition coefficient (Wildman–Crippen LogP) is 5.09. The Kier molecular flexibility index (Phi) is 12.9. The summed E-state index contributed by atoms with van der Waals surface area (Å²) in [6.07, 6.45) is 11.6. The zero-order valence-electron chi connectivity index (χ0n) is 23.9. The lowest BCUT2D eigenvalue weighted by Gasteiger charge is -2.30. The predicted molar refractivity (Wildman–Crippen MR) is 156 cm³/mol. The number of halogens is 1. The molecule has 218 valence electrons. The zero-order valence-corrected chi connectivity index (χ0v) is 24.6. The number of imide groups is 1. The first-order valence-corrected chi connectivity index (χ1v) is 14.5. The summed E-state index contributed by atoms with van der Waals surface area (Å²) >= 11 is 6.19. The van der Waals surface area contributed by atoms with E-state index in [-0.39, 0.29) is 25.0 Å². The monoisotopic (exact) mass is 571 g/mol. The summed E-state index contributed by atoms with van der Waals surface area (Å²) in [5.74, 6) is -0.745. The number of unbranched alkanes of at least 4 members (excludes halogenated alkanes) is 1. The molecule has 0 bridgehead atoms. The molecule has 1 N–H and O–H groups in total. The van der Waals surface area contributed by atoms with Gasteiger partial charge in [-0.2, -0.15) is 0 Å². The lowest BCUT2D eigenvalue weighted by atomic mass is 10.0. The molecule has 0 aromatic heterocycles. The van der Waals surface area contributed by atoms with Crippen molar-refractivity contribution in [2.24, 2.45) is 0 Å². The number of allylic oxidation sites excluding steroid dienone is 3. The van der Waals surface area contributed by atoms with Gasteiger partial charge in [-0.3, -0.25) is 19.7 Å². The Balaban J connectivity index is 1.47. The summed E-state index contributed by atoms with van der Waals surface area (Å²) in [5.41, 5.74) is 4.18. The molecule has 2 heterocycles. The van der Waals surface area contributed by atoms with Crippen LogP contribution < -0.4 is 5.32 Å². The van der Waals surface area contributed by atoms with Crippen LogP contribution >= 0.6 is 11.6 Å². The molecule has 2 atom stereocenters. The second-order valence-corrected chi connectivity index (χ2v) is 10.6. The minimum Gasteiger partial charge on any atom is -0.501 e. The van der Waals surface area contributed by atoms with Crippen molar-refractivity contribution in [3.05, 3.63) is 70.0 Å². The fourth-order valence-corrected chi connectivity index (χ4v) is 5.12. The first-order valence-electron chi connectivity index (χ1n) is 14.1. The third kappa shape index (κ3) is 9.32. The number of carbonyl (C=O) groups excluding carboxylic acids is 3. The molecule has 0 radical (unpaired) electrons. The first-order chi connectivity index (χ1) is 19.4. The van der Waals surface area contributed by atoms with Gasteiger partial charge in [-0.05, 0) is 81.5 Å². The van der Waals surface area contributed by atoms with Crippen LogP contribution in [0.5, 0.6) is 0 Å². The number of nitrogens with one attached hydrogen (secondary N) is 1. The maximum absolute atomic E-state index is 12.3. The highest BCUT2D eigenvalue weighted by molar-refractivity contribution is 6.30. The molecule has 3 amide bonds. The fourth-order valence-electron chi connectivity index (χ4n) is 4.94. The van der Waals surface area contributed by atoms with Crippen molar-refractivity contribution in [1.82, 2.24) is 15.1 Å². The van der Waals surface area contributed by atoms with E-state index < -0.39 is 11.9 Å². The van der Waals surface area contributed by atoms with Gasteiger partial charge in [-0.15, -0.1) is 0 Å². The van der Waals surface area contributed by atoms with Crippen molar-refractivity contribution < 1.29 is 23.9 Å². The molecule has 40 heavy (non-hydrogen) atoms. The Bertz CT molecular complexity index is 1120. The van der Waals surface area contributed by atoms with E-state index in [0.29, 0.717) is 26.0 Å². The molecule has 1 saturated heterocycles. The van der Waals surface area contributed by atoms with Gasteiger partial charge in [-0.25, -0.2) is 0 Å². The molecular weight excluding hydrogens is 530 g/mol. The molecule has 3 rings (SSSR count). The van der Waals surface area contributed by atoms with Crippen LogP contribution in [0.1, 0.15) is 70.1 Å². The Labute approximate surface area is 243 Å². The molecule has 9 heteroatoms. The number of hydrogen-bond acceptors (Lipinski definition) is 6. The van der Waals surface area contributed by atoms with Crippen molar-refractivity contribution in [1.29, 1.82) is 0 Å². The maximum Gasteiger partial charge on any atom is 0.249 e. The summed E-state index contributed by atoms with van der Waals surface area (Å²) in [4.78, 5) is 39.6. The summed E-state index contributed by atoms with van der Waals surface area (Å²) < 4.78 is 11.9. The average Bonchev–Trinajstić information content (AvgIpc) is 3.34. The third-order valence-corrected chi connectivity index (χ3v) is 7.64. The van der Waals surface area contributed by atoms with Gasteiger partial charge in [-0.1, -0.05) is 42.8 Å². The summed E-state index contributed by atoms with van der Waals surface area (Å²) in [6, 6.07) is 5.33. The van der Waals surface area contributed by atoms with Crippen LogP contribution in [-0.2, 0) is 30.5 Å². The van der Waals surface area contributed by atoms with Gasteiger partial charge < -0.3 is 19.3 Å². The van der Waals surface area contributed by atoms with Gasteiger partial charge in [0.15, 0.2) is 0 Å². The molecule has 2 aliphatic heterocycles. The smallest absolute Gasteiger partial charge is 0.249 e. The normalized spacial score (nSPS) is 19.7. The highest BCUT2D eigenvalue weighted by atomic mass is 35.5. The van der Waals surface area contributed by atoms with E-state index in [1.54, 1.807) is 6.26 Å². The van der Waals surface area contributed by atoms with Gasteiger partial charge in [0.2, 0.25) is 18.2 Å². The molecule has 1 aromatic carbocycles. The van der Waals surface area contributed by atoms with Gasteiger partial charge in [0.05, 0.1) is 25.6 Å². The van der Waals surface area contributed by atoms with E-state index in [0.717, 1.165) is 55.1 Å². The van der Waals surface area contributed by atoms with E-state index in [1.807, 2.05) is 44.2 Å². The lowest BCUT2D eigenvalue weighted by Crippen LogP contribution is -2.52. The fraction of sp³-hybridized carbons (Fsp3) is 0.516. The standard InChI is InChI=1S/C31H42ClN3O5/c1-4-6-9-23(3)25(19-35(22-36)28-12-13-30(37)33-31(28)38)20-39-17-8-7-15-34(5-2)16-14-29-27-18-26(32)11-10-24(27)21-40-29/h4,6,9-11,18,20,22,28-29H,5,7-8,12-17,19,21H2,1-3H3,(H,33,37,38)/b6-4-,23-9-,25-20+. The van der Waals surface area contributed by atoms with Crippen LogP contribution in [0.2, 0.25) is 5.02 Å². The molecular formula is C31H42ClN3O5. The number of benzene rings is 1. The van der Waals surface area contributed by atoms with E-state index in [4.69, 9.17) is 21.1 Å². The van der Waals surface area contributed by atoms with E-state index >= 15 is 0 Å². The van der Waals surface area contributed by atoms with Crippen molar-refractivity contribution in [3.8, 4) is 0 Å². The zero-order chi connectivity index (χ0) is 28.9. The Hall–Kier alpha value is -2.94. The molecule has 1 aromatic rings. The number of carbonyl (C=O) groups is 3. The van der Waals surface area contributed by atoms with Gasteiger partial charge in [0.1, 0.15) is 6.04 Å². The van der Waals surface area contributed by atoms with Crippen LogP contribution in [0.15, 0.2) is 53.8 Å². The number of piperidine rings is 1. The summed E-state index contributed by atoms with van der Waals surface area (Å²) in [7, 11) is 0. The highest BCUT2D eigenvalue weighted by Crippen LogP contribution is 2.34. The Morgan fingerprint density at radius 2 is 2.08 bits per heavy atom. The molecule has 0 saturated carbocycles. The summed E-state index contributed by atoms with van der Waals surface area (Å²) in [5, 5.41) is 3.07. The number of hydrogen-bond donors (Lipinski definition) is 1. The lowest BCUT2D eigenvalue weighted by molar-refractivity contribution is -0.140. The minimum atomic E-state index is -0.673. The van der Waals surface area contributed by atoms with Crippen LogP contribution in [0.25, 0.3) is 0 Å². The van der Waals surface area contributed by atoms with Crippen LogP contribution in [0, 0.1) is 0 Å². The van der Waals surface area contributed by atoms with Gasteiger partial charge in [0.25, 0.3) is 0 Å². The number of fused-ring (bicyclic) bond motifs is 1. The Morgan fingerprint density at radius 1 is 1.25 bits per heavy atom. The second-order valence-electron chi connectivity index (χ2n) is 10.2. The molecule has 8 nitrogen and oxygen atoms in total. The number of ether oxygens (including phenoxy) is 2. The van der Waals surface area contributed by atoms with Crippen LogP contribution in [0.3, 0.4) is 0 Å². The number of rotatable bonds is 16. The first kappa shape index (κ1) is 31.6. The van der Waals surface area contributed by atoms with E-state index in [1.165, 1.54) is 16.0 Å². The molecule has 2 unspecified atom stereocenters. The summed E-state index contributed by atoms with van der Waals surface area (Å²) in [6.45, 7) is 10.4. The van der Waals surface area contributed by atoms with E-state index in [2.05, 4.69) is 23.2 Å². The molecule has 2 aliphatic rings. The minimum absolute atomic E-state index is 0.0968. The molecule has 0 aliphatic carbocycles. The van der Waals surface area contributed by atoms with Gasteiger partial charge >= 0.3 is 0 Å². The quantitative estimate of drug-likeness (QED) is 0.0977. The number of nitrogens with zero attached hydrogens (tertiary/aromatic N) is 2. The van der Waals surface area contributed by atoms with E-state index in [9.17, 15) is 14.4 Å². The molecule has 1 fully saturated rings. The average molecular weight is 572 g/mol. The maximum atomic E-state index is 12.3. The third-order valence-electron chi connectivity index (χ3n) is 7.41. The second kappa shape index (κ2) is 16.4. The van der Waals surface area contributed by atoms with Crippen LogP contribution in [-0.4, -0.2) is 66.9 Å². The van der Waals surface area contributed by atoms with Crippen LogP contribution in [0.4, 0.5) is 0 Å². The van der Waals surface area contributed by atoms with Gasteiger partial charge in [0, 0.05) is 30.1 Å². The largest absolute Gasteiger partial charge is 0.501 e. The topological polar surface area (TPSA) is 88.2 Å². The van der Waals surface area contributed by atoms with Crippen molar-refractivity contribution >= 4 is 29.8 Å². The highest BCUT2D eigenvalue weighted by Gasteiger charge is 2.31. The van der Waals surface area contributed by atoms with Crippen molar-refractivity contribution in [2.75, 3.05) is 32.8 Å². The van der Waals surface area contributed by atoms with Crippen molar-refractivity contribution in [2.45, 2.75) is 71.6 Å². The Morgan fingerprint density at radius 3 is 2.80 bits per heavy atom. The number of amides is 3. The molecule has 0 spiro atoms.